The highest BCUT2D eigenvalue weighted by atomic mass is 16.3. The van der Waals surface area contributed by atoms with Crippen LogP contribution >= 0.6 is 0 Å². The van der Waals surface area contributed by atoms with E-state index in [0.29, 0.717) is 39.7 Å². The second-order valence-electron chi connectivity index (χ2n) is 6.84. The van der Waals surface area contributed by atoms with Gasteiger partial charge in [0.05, 0.1) is 40.9 Å². The first-order valence-electron chi connectivity index (χ1n) is 9.52. The molecule has 0 aliphatic carbocycles. The number of fused-ring (bicyclic) bond motifs is 1. The molecule has 0 fully saturated rings. The summed E-state index contributed by atoms with van der Waals surface area (Å²) in [5, 5.41) is 12.6. The standard InChI is InChI=1S/C24H15N5O2/c25-13-15-7-9-16(10-8-15)20-12-18(17-4-1-2-5-19(17)27-20)23(30)29-24-26-14-21(28-24)22-6-3-11-31-22/h1-12,14H,(H2,26,28,29,30). The van der Waals surface area contributed by atoms with Gasteiger partial charge in [0, 0.05) is 10.9 Å². The Kier molecular flexibility index (Phi) is 4.50. The summed E-state index contributed by atoms with van der Waals surface area (Å²) in [5.74, 6) is 0.636. The molecule has 0 aliphatic rings. The predicted molar refractivity (Wildman–Crippen MR) is 116 cm³/mol. The van der Waals surface area contributed by atoms with Crippen molar-refractivity contribution in [1.29, 1.82) is 5.26 Å². The SMILES string of the molecule is N#Cc1ccc(-c2cc(C(=O)Nc3ncc(-c4ccco4)[nH]3)c3ccccc3n2)cc1. The first kappa shape index (κ1) is 18.3. The fourth-order valence-electron chi connectivity index (χ4n) is 3.34. The number of carbonyl (C=O) groups is 1. The highest BCUT2D eigenvalue weighted by molar-refractivity contribution is 6.12. The molecule has 0 atom stereocenters. The van der Waals surface area contributed by atoms with Crippen LogP contribution in [0.1, 0.15) is 15.9 Å². The minimum Gasteiger partial charge on any atom is -0.463 e. The Morgan fingerprint density at radius 2 is 1.90 bits per heavy atom. The minimum absolute atomic E-state index is 0.311. The lowest BCUT2D eigenvalue weighted by atomic mass is 10.0. The third-order valence-electron chi connectivity index (χ3n) is 4.86. The molecule has 0 spiro atoms. The number of aromatic nitrogens is 3. The molecule has 148 valence electrons. The lowest BCUT2D eigenvalue weighted by molar-refractivity contribution is 0.102. The summed E-state index contributed by atoms with van der Waals surface area (Å²) in [6.45, 7) is 0. The normalized spacial score (nSPS) is 10.7. The zero-order valence-corrected chi connectivity index (χ0v) is 16.2. The molecular formula is C24H15N5O2. The average molecular weight is 405 g/mol. The van der Waals surface area contributed by atoms with Crippen molar-refractivity contribution >= 4 is 22.8 Å². The number of hydrogen-bond donors (Lipinski definition) is 2. The Bertz CT molecular complexity index is 1430. The number of furan rings is 1. The van der Waals surface area contributed by atoms with Crippen molar-refractivity contribution in [2.24, 2.45) is 0 Å². The van der Waals surface area contributed by atoms with Crippen LogP contribution in [-0.4, -0.2) is 20.9 Å². The Balaban J connectivity index is 1.52. The lowest BCUT2D eigenvalue weighted by Gasteiger charge is -2.10. The number of pyridine rings is 1. The molecule has 2 aromatic carbocycles. The zero-order valence-electron chi connectivity index (χ0n) is 16.2. The number of amides is 1. The molecule has 5 rings (SSSR count). The summed E-state index contributed by atoms with van der Waals surface area (Å²) in [6, 6.07) is 22.0. The van der Waals surface area contributed by atoms with Crippen molar-refractivity contribution in [2.75, 3.05) is 5.32 Å². The first-order valence-corrected chi connectivity index (χ1v) is 9.52. The van der Waals surface area contributed by atoms with E-state index >= 15 is 0 Å². The quantitative estimate of drug-likeness (QED) is 0.437. The van der Waals surface area contributed by atoms with Gasteiger partial charge >= 0.3 is 0 Å². The van der Waals surface area contributed by atoms with E-state index in [2.05, 4.69) is 21.4 Å². The number of imidazole rings is 1. The highest BCUT2D eigenvalue weighted by Crippen LogP contribution is 2.26. The summed E-state index contributed by atoms with van der Waals surface area (Å²) >= 11 is 0. The average Bonchev–Trinajstić information content (AvgIpc) is 3.50. The topological polar surface area (TPSA) is 108 Å². The van der Waals surface area contributed by atoms with Crippen molar-refractivity contribution < 1.29 is 9.21 Å². The van der Waals surface area contributed by atoms with Crippen LogP contribution in [0.15, 0.2) is 83.6 Å². The van der Waals surface area contributed by atoms with Crippen molar-refractivity contribution in [3.05, 3.63) is 90.3 Å². The molecule has 2 N–H and O–H groups in total. The number of carbonyl (C=O) groups excluding carboxylic acids is 1. The third-order valence-corrected chi connectivity index (χ3v) is 4.86. The van der Waals surface area contributed by atoms with Crippen LogP contribution in [0.2, 0.25) is 0 Å². The Morgan fingerprint density at radius 1 is 1.06 bits per heavy atom. The van der Waals surface area contributed by atoms with Gasteiger partial charge in [0.2, 0.25) is 5.95 Å². The molecule has 0 unspecified atom stereocenters. The number of benzene rings is 2. The van der Waals surface area contributed by atoms with Crippen LogP contribution in [0, 0.1) is 11.3 Å². The molecule has 3 heterocycles. The van der Waals surface area contributed by atoms with Gasteiger partial charge in [0.25, 0.3) is 5.91 Å². The number of anilines is 1. The van der Waals surface area contributed by atoms with E-state index in [-0.39, 0.29) is 5.91 Å². The van der Waals surface area contributed by atoms with Gasteiger partial charge in [0.15, 0.2) is 5.76 Å². The van der Waals surface area contributed by atoms with E-state index in [0.717, 1.165) is 10.9 Å². The fourth-order valence-corrected chi connectivity index (χ4v) is 3.34. The summed E-state index contributed by atoms with van der Waals surface area (Å²) in [5.41, 5.74) is 3.86. The van der Waals surface area contributed by atoms with E-state index in [4.69, 9.17) is 14.7 Å². The van der Waals surface area contributed by atoms with Gasteiger partial charge in [-0.15, -0.1) is 0 Å². The molecule has 3 aromatic heterocycles. The maximum atomic E-state index is 13.1. The van der Waals surface area contributed by atoms with Gasteiger partial charge in [-0.05, 0) is 36.4 Å². The summed E-state index contributed by atoms with van der Waals surface area (Å²) < 4.78 is 5.35. The second kappa shape index (κ2) is 7.61. The second-order valence-corrected chi connectivity index (χ2v) is 6.84. The predicted octanol–water partition coefficient (Wildman–Crippen LogP) is 5.01. The lowest BCUT2D eigenvalue weighted by Crippen LogP contribution is -2.14. The van der Waals surface area contributed by atoms with Gasteiger partial charge in [-0.1, -0.05) is 30.3 Å². The van der Waals surface area contributed by atoms with Crippen LogP contribution in [0.4, 0.5) is 5.95 Å². The molecule has 0 aliphatic heterocycles. The zero-order chi connectivity index (χ0) is 21.2. The number of aromatic amines is 1. The van der Waals surface area contributed by atoms with Gasteiger partial charge < -0.3 is 9.40 Å². The number of para-hydroxylation sites is 1. The molecule has 7 nitrogen and oxygen atoms in total. The Morgan fingerprint density at radius 3 is 2.68 bits per heavy atom. The van der Waals surface area contributed by atoms with Crippen LogP contribution < -0.4 is 5.32 Å². The molecule has 0 radical (unpaired) electrons. The van der Waals surface area contributed by atoms with Crippen LogP contribution in [0.5, 0.6) is 0 Å². The first-order chi connectivity index (χ1) is 15.2. The fraction of sp³-hybridized carbons (Fsp3) is 0. The van der Waals surface area contributed by atoms with E-state index in [1.165, 1.54) is 0 Å². The van der Waals surface area contributed by atoms with E-state index in [9.17, 15) is 4.79 Å². The largest absolute Gasteiger partial charge is 0.463 e. The number of hydrogen-bond acceptors (Lipinski definition) is 5. The van der Waals surface area contributed by atoms with Crippen molar-refractivity contribution in [3.63, 3.8) is 0 Å². The molecule has 0 saturated heterocycles. The molecule has 7 heteroatoms. The van der Waals surface area contributed by atoms with Gasteiger partial charge in [-0.3, -0.25) is 10.1 Å². The maximum Gasteiger partial charge on any atom is 0.258 e. The number of nitriles is 1. The van der Waals surface area contributed by atoms with Crippen LogP contribution in [0.25, 0.3) is 33.6 Å². The van der Waals surface area contributed by atoms with E-state index in [1.54, 1.807) is 42.8 Å². The number of H-pyrrole nitrogens is 1. The number of nitrogens with zero attached hydrogens (tertiary/aromatic N) is 3. The summed E-state index contributed by atoms with van der Waals surface area (Å²) in [6.07, 6.45) is 3.17. The molecule has 0 bridgehead atoms. The smallest absolute Gasteiger partial charge is 0.258 e. The Hall–Kier alpha value is -4.70. The van der Waals surface area contributed by atoms with Gasteiger partial charge in [-0.25, -0.2) is 9.97 Å². The molecule has 1 amide bonds. The molecule has 0 saturated carbocycles. The Labute approximate surface area is 177 Å². The monoisotopic (exact) mass is 405 g/mol. The van der Waals surface area contributed by atoms with Crippen molar-refractivity contribution in [2.45, 2.75) is 0 Å². The summed E-state index contributed by atoms with van der Waals surface area (Å²) in [7, 11) is 0. The van der Waals surface area contributed by atoms with Crippen molar-refractivity contribution in [1.82, 2.24) is 15.0 Å². The highest BCUT2D eigenvalue weighted by Gasteiger charge is 2.16. The molecule has 31 heavy (non-hydrogen) atoms. The number of nitrogens with one attached hydrogen (secondary N) is 2. The number of rotatable bonds is 4. The van der Waals surface area contributed by atoms with Crippen molar-refractivity contribution in [3.8, 4) is 28.8 Å². The minimum atomic E-state index is -0.311. The summed E-state index contributed by atoms with van der Waals surface area (Å²) in [4.78, 5) is 25.1. The van der Waals surface area contributed by atoms with Crippen LogP contribution in [0.3, 0.4) is 0 Å². The molecule has 5 aromatic rings. The molecular weight excluding hydrogens is 390 g/mol. The van der Waals surface area contributed by atoms with E-state index in [1.807, 2.05) is 36.4 Å². The van der Waals surface area contributed by atoms with Gasteiger partial charge in [-0.2, -0.15) is 5.26 Å². The maximum absolute atomic E-state index is 13.1. The third kappa shape index (κ3) is 3.54. The van der Waals surface area contributed by atoms with Crippen LogP contribution in [-0.2, 0) is 0 Å². The van der Waals surface area contributed by atoms with E-state index < -0.39 is 0 Å². The van der Waals surface area contributed by atoms with Gasteiger partial charge in [0.1, 0.15) is 5.69 Å².